The lowest BCUT2D eigenvalue weighted by Gasteiger charge is -2.29. The molecule has 3 heterocycles. The van der Waals surface area contributed by atoms with Crippen molar-refractivity contribution >= 4 is 10.0 Å². The molecule has 0 bridgehead atoms. The number of rotatable bonds is 4. The molecule has 1 aliphatic rings. The summed E-state index contributed by atoms with van der Waals surface area (Å²) in [5.74, 6) is 1.53. The van der Waals surface area contributed by atoms with Gasteiger partial charge in [-0.3, -0.25) is 0 Å². The number of nitrogens with zero attached hydrogens (tertiary/aromatic N) is 5. The van der Waals surface area contributed by atoms with Crippen molar-refractivity contribution in [2.24, 2.45) is 0 Å². The molecule has 1 fully saturated rings. The lowest BCUT2D eigenvalue weighted by molar-refractivity contribution is 0.286. The van der Waals surface area contributed by atoms with Crippen molar-refractivity contribution in [2.75, 3.05) is 18.8 Å². The molecular weight excluding hydrogens is 318 g/mol. The zero-order valence-corrected chi connectivity index (χ0v) is 14.0. The van der Waals surface area contributed by atoms with Crippen molar-refractivity contribution in [2.45, 2.75) is 32.6 Å². The van der Waals surface area contributed by atoms with Gasteiger partial charge in [0.1, 0.15) is 5.82 Å². The summed E-state index contributed by atoms with van der Waals surface area (Å²) in [6, 6.07) is 0. The fourth-order valence-electron chi connectivity index (χ4n) is 2.60. The van der Waals surface area contributed by atoms with Crippen LogP contribution >= 0.6 is 0 Å². The molecule has 0 aliphatic carbocycles. The topological polar surface area (TPSA) is 102 Å². The fraction of sp³-hybridized carbons (Fsp3) is 0.571. The van der Waals surface area contributed by atoms with Crippen LogP contribution in [0.5, 0.6) is 0 Å². The molecule has 0 spiro atoms. The predicted molar refractivity (Wildman–Crippen MR) is 83.1 cm³/mol. The smallest absolute Gasteiger partial charge is 0.250 e. The number of sulfonamides is 1. The van der Waals surface area contributed by atoms with Crippen molar-refractivity contribution in [3.05, 3.63) is 24.1 Å². The number of hydrogen-bond acceptors (Lipinski definition) is 7. The van der Waals surface area contributed by atoms with Crippen LogP contribution in [0.1, 0.15) is 37.4 Å². The van der Waals surface area contributed by atoms with Gasteiger partial charge in [0.15, 0.2) is 0 Å². The highest BCUT2D eigenvalue weighted by Crippen LogP contribution is 2.29. The van der Waals surface area contributed by atoms with E-state index in [4.69, 9.17) is 4.42 Å². The molecule has 8 nitrogen and oxygen atoms in total. The van der Waals surface area contributed by atoms with E-state index in [1.165, 1.54) is 4.31 Å². The Labute approximate surface area is 135 Å². The molecule has 0 radical (unpaired) electrons. The van der Waals surface area contributed by atoms with Crippen LogP contribution in [0.3, 0.4) is 0 Å². The molecule has 23 heavy (non-hydrogen) atoms. The zero-order chi connectivity index (χ0) is 16.4. The second-order valence-electron chi connectivity index (χ2n) is 5.56. The second-order valence-corrected chi connectivity index (χ2v) is 7.82. The maximum absolute atomic E-state index is 12.0. The van der Waals surface area contributed by atoms with Gasteiger partial charge in [-0.15, -0.1) is 10.2 Å². The summed E-state index contributed by atoms with van der Waals surface area (Å²) >= 11 is 0. The predicted octanol–water partition coefficient (Wildman–Crippen LogP) is 1.36. The van der Waals surface area contributed by atoms with Gasteiger partial charge in [0, 0.05) is 25.5 Å². The van der Waals surface area contributed by atoms with Gasteiger partial charge in [-0.2, -0.15) is 0 Å². The van der Waals surface area contributed by atoms with Gasteiger partial charge in [0.2, 0.25) is 15.9 Å². The zero-order valence-electron chi connectivity index (χ0n) is 13.1. The molecular formula is C14H19N5O3S. The Bertz CT molecular complexity index is 772. The van der Waals surface area contributed by atoms with Crippen molar-refractivity contribution in [3.63, 3.8) is 0 Å². The number of piperidine rings is 1. The van der Waals surface area contributed by atoms with E-state index in [-0.39, 0.29) is 11.7 Å². The molecule has 1 aliphatic heterocycles. The third-order valence-electron chi connectivity index (χ3n) is 3.96. The molecule has 124 valence electrons. The van der Waals surface area contributed by atoms with E-state index < -0.39 is 10.0 Å². The minimum absolute atomic E-state index is 0.0716. The molecule has 0 saturated carbocycles. The summed E-state index contributed by atoms with van der Waals surface area (Å²) in [4.78, 5) is 8.21. The van der Waals surface area contributed by atoms with Crippen molar-refractivity contribution in [1.82, 2.24) is 24.5 Å². The number of aromatic nitrogens is 4. The highest BCUT2D eigenvalue weighted by molar-refractivity contribution is 7.89. The average molecular weight is 337 g/mol. The number of hydrogen-bond donors (Lipinski definition) is 0. The summed E-state index contributed by atoms with van der Waals surface area (Å²) in [6.07, 6.45) is 4.89. The van der Waals surface area contributed by atoms with Crippen LogP contribution in [0.2, 0.25) is 0 Å². The molecule has 0 N–H and O–H groups in total. The van der Waals surface area contributed by atoms with Gasteiger partial charge >= 0.3 is 0 Å². The lowest BCUT2D eigenvalue weighted by atomic mass is 10.00. The van der Waals surface area contributed by atoms with Gasteiger partial charge in [-0.05, 0) is 26.7 Å². The van der Waals surface area contributed by atoms with E-state index in [0.29, 0.717) is 36.3 Å². The van der Waals surface area contributed by atoms with Crippen LogP contribution in [0.25, 0.3) is 11.5 Å². The van der Waals surface area contributed by atoms with Gasteiger partial charge in [0.25, 0.3) is 5.89 Å². The van der Waals surface area contributed by atoms with Crippen molar-refractivity contribution < 1.29 is 12.8 Å². The first-order valence-corrected chi connectivity index (χ1v) is 9.20. The molecule has 0 amide bonds. The first-order chi connectivity index (χ1) is 11.0. The summed E-state index contributed by atoms with van der Waals surface area (Å²) < 4.78 is 31.3. The Morgan fingerprint density at radius 2 is 2.04 bits per heavy atom. The van der Waals surface area contributed by atoms with E-state index >= 15 is 0 Å². The van der Waals surface area contributed by atoms with Crippen LogP contribution in [0.15, 0.2) is 16.8 Å². The van der Waals surface area contributed by atoms with Crippen LogP contribution in [-0.4, -0.2) is 51.7 Å². The van der Waals surface area contributed by atoms with Crippen LogP contribution in [-0.2, 0) is 10.0 Å². The molecule has 2 aromatic heterocycles. The first kappa shape index (κ1) is 16.0. The summed E-state index contributed by atoms with van der Waals surface area (Å²) in [7, 11) is -3.19. The molecule has 1 atom stereocenters. The largest absolute Gasteiger partial charge is 0.420 e. The van der Waals surface area contributed by atoms with Crippen molar-refractivity contribution in [1.29, 1.82) is 0 Å². The maximum atomic E-state index is 12.0. The van der Waals surface area contributed by atoms with Gasteiger partial charge < -0.3 is 4.42 Å². The van der Waals surface area contributed by atoms with Gasteiger partial charge in [-0.1, -0.05) is 0 Å². The summed E-state index contributed by atoms with van der Waals surface area (Å²) in [5, 5.41) is 8.12. The summed E-state index contributed by atoms with van der Waals surface area (Å²) in [6.45, 7) is 4.40. The van der Waals surface area contributed by atoms with Gasteiger partial charge in [-0.25, -0.2) is 22.7 Å². The Kier molecular flexibility index (Phi) is 4.40. The van der Waals surface area contributed by atoms with Crippen LogP contribution < -0.4 is 0 Å². The molecule has 1 saturated heterocycles. The van der Waals surface area contributed by atoms with Crippen LogP contribution in [0, 0.1) is 6.92 Å². The third kappa shape index (κ3) is 3.40. The fourth-order valence-corrected chi connectivity index (χ4v) is 3.78. The van der Waals surface area contributed by atoms with Crippen LogP contribution in [0.4, 0.5) is 0 Å². The SMILES string of the molecule is CCS(=O)(=O)N1CCC[C@@H](c2nnc(-c3cnc(C)nc3)o2)C1. The Morgan fingerprint density at radius 3 is 2.74 bits per heavy atom. The van der Waals surface area contributed by atoms with E-state index in [1.807, 2.05) is 0 Å². The van der Waals surface area contributed by atoms with E-state index in [9.17, 15) is 8.42 Å². The summed E-state index contributed by atoms with van der Waals surface area (Å²) in [5.41, 5.74) is 0.656. The second kappa shape index (κ2) is 6.32. The highest BCUT2D eigenvalue weighted by Gasteiger charge is 2.31. The van der Waals surface area contributed by atoms with E-state index in [0.717, 1.165) is 12.8 Å². The third-order valence-corrected chi connectivity index (χ3v) is 5.81. The average Bonchev–Trinajstić information content (AvgIpc) is 3.06. The van der Waals surface area contributed by atoms with E-state index in [1.54, 1.807) is 26.2 Å². The Morgan fingerprint density at radius 1 is 1.30 bits per heavy atom. The first-order valence-electron chi connectivity index (χ1n) is 7.60. The molecule has 0 unspecified atom stereocenters. The van der Waals surface area contributed by atoms with Crippen molar-refractivity contribution in [3.8, 4) is 11.5 Å². The Hall–Kier alpha value is -1.87. The number of aryl methyl sites for hydroxylation is 1. The normalized spacial score (nSPS) is 19.8. The monoisotopic (exact) mass is 337 g/mol. The van der Waals surface area contributed by atoms with E-state index in [2.05, 4.69) is 20.2 Å². The molecule has 3 rings (SSSR count). The molecule has 2 aromatic rings. The maximum Gasteiger partial charge on any atom is 0.250 e. The lowest BCUT2D eigenvalue weighted by Crippen LogP contribution is -2.39. The Balaban J connectivity index is 1.79. The minimum atomic E-state index is -3.19. The standard InChI is InChI=1S/C14H19N5O3S/c1-3-23(20,21)19-6-4-5-11(9-19)13-17-18-14(22-13)12-7-15-10(2)16-8-12/h7-8,11H,3-6,9H2,1-2H3/t11-/m1/s1. The van der Waals surface area contributed by atoms with Gasteiger partial charge in [0.05, 0.1) is 17.2 Å². The highest BCUT2D eigenvalue weighted by atomic mass is 32.2. The quantitative estimate of drug-likeness (QED) is 0.830. The minimum Gasteiger partial charge on any atom is -0.420 e. The molecule has 0 aromatic carbocycles. The molecule has 9 heteroatoms.